The molecule has 0 spiro atoms. The Bertz CT molecular complexity index is 391. The highest BCUT2D eigenvalue weighted by Crippen LogP contribution is 2.33. The summed E-state index contributed by atoms with van der Waals surface area (Å²) in [5, 5.41) is 0. The molecule has 1 aromatic heterocycles. The van der Waals surface area contributed by atoms with E-state index >= 15 is 0 Å². The van der Waals surface area contributed by atoms with Gasteiger partial charge in [-0.2, -0.15) is 0 Å². The van der Waals surface area contributed by atoms with Crippen LogP contribution >= 0.6 is 11.3 Å². The molecule has 1 saturated carbocycles. The van der Waals surface area contributed by atoms with Crippen molar-refractivity contribution in [3.8, 4) is 0 Å². The summed E-state index contributed by atoms with van der Waals surface area (Å²) in [5.74, 6) is 1.01. The fraction of sp³-hybridized carbons (Fsp3) is 0.667. The predicted octanol–water partition coefficient (Wildman–Crippen LogP) is 4.81. The van der Waals surface area contributed by atoms with Crippen LogP contribution < -0.4 is 0 Å². The molecule has 1 aromatic rings. The molecule has 1 aliphatic carbocycles. The summed E-state index contributed by atoms with van der Waals surface area (Å²) in [7, 11) is 0. The Kier molecular flexibility index (Phi) is 3.72. The maximum atomic E-state index is 12.2. The smallest absolute Gasteiger partial charge is 0.173 e. The molecule has 2 heteroatoms. The van der Waals surface area contributed by atoms with Crippen molar-refractivity contribution >= 4 is 17.1 Å². The van der Waals surface area contributed by atoms with E-state index in [1.54, 1.807) is 11.3 Å². The van der Waals surface area contributed by atoms with Gasteiger partial charge in [0.1, 0.15) is 0 Å². The summed E-state index contributed by atoms with van der Waals surface area (Å²) in [5.41, 5.74) is 0.163. The first-order valence-corrected chi connectivity index (χ1v) is 7.42. The number of hydrogen-bond donors (Lipinski definition) is 0. The van der Waals surface area contributed by atoms with E-state index in [1.807, 2.05) is 6.07 Å². The molecule has 1 heterocycles. The first-order chi connectivity index (χ1) is 7.97. The van der Waals surface area contributed by atoms with Crippen LogP contribution in [0.25, 0.3) is 0 Å². The number of rotatable bonds is 3. The molecule has 0 N–H and O–H groups in total. The molecule has 1 aliphatic rings. The molecule has 1 nitrogen and oxygen atoms in total. The molecular weight excluding hydrogens is 228 g/mol. The van der Waals surface area contributed by atoms with Gasteiger partial charge in [0.15, 0.2) is 5.78 Å². The van der Waals surface area contributed by atoms with Crippen LogP contribution in [0.3, 0.4) is 0 Å². The monoisotopic (exact) mass is 250 g/mol. The first kappa shape index (κ1) is 12.8. The Morgan fingerprint density at radius 3 is 2.47 bits per heavy atom. The molecule has 0 atom stereocenters. The minimum atomic E-state index is 0.163. The highest BCUT2D eigenvalue weighted by atomic mass is 32.1. The Balaban J connectivity index is 2.01. The summed E-state index contributed by atoms with van der Waals surface area (Å²) in [6, 6.07) is 4.13. The van der Waals surface area contributed by atoms with E-state index in [0.717, 1.165) is 11.3 Å². The molecule has 0 amide bonds. The lowest BCUT2D eigenvalue weighted by molar-refractivity contribution is 0.0966. The van der Waals surface area contributed by atoms with Crippen LogP contribution in [0.1, 0.15) is 67.4 Å². The van der Waals surface area contributed by atoms with Crippen molar-refractivity contribution < 1.29 is 4.79 Å². The van der Waals surface area contributed by atoms with Crippen molar-refractivity contribution in [2.75, 3.05) is 0 Å². The van der Waals surface area contributed by atoms with Gasteiger partial charge in [-0.1, -0.05) is 46.5 Å². The average molecular weight is 250 g/mol. The van der Waals surface area contributed by atoms with Gasteiger partial charge >= 0.3 is 0 Å². The molecule has 0 bridgehead atoms. The van der Waals surface area contributed by atoms with Crippen LogP contribution in [-0.4, -0.2) is 5.78 Å². The number of carbonyl (C=O) groups excluding carboxylic acids is 1. The average Bonchev–Trinajstić information content (AvgIpc) is 2.85. The van der Waals surface area contributed by atoms with Gasteiger partial charge in [0.25, 0.3) is 0 Å². The lowest BCUT2D eigenvalue weighted by Gasteiger charge is -2.15. The summed E-state index contributed by atoms with van der Waals surface area (Å²) in [4.78, 5) is 14.4. The lowest BCUT2D eigenvalue weighted by atomic mass is 9.95. The Hall–Kier alpha value is -0.630. The molecule has 0 aliphatic heterocycles. The highest BCUT2D eigenvalue weighted by Gasteiger charge is 2.22. The number of Topliss-reactive ketones (excluding diaryl/α,β-unsaturated/α-hetero) is 1. The largest absolute Gasteiger partial charge is 0.293 e. The topological polar surface area (TPSA) is 17.1 Å². The third kappa shape index (κ3) is 3.19. The Labute approximate surface area is 108 Å². The number of hydrogen-bond acceptors (Lipinski definition) is 2. The SMILES string of the molecule is CC(C)(C)c1ccc(C(=O)CC2CCCC2)s1. The maximum absolute atomic E-state index is 12.2. The molecule has 94 valence electrons. The zero-order chi connectivity index (χ0) is 12.5. The standard InChI is InChI=1S/C15H22OS/c1-15(2,3)14-9-8-13(17-14)12(16)10-11-6-4-5-7-11/h8-9,11H,4-7,10H2,1-3H3. The van der Waals surface area contributed by atoms with Gasteiger partial charge in [0.2, 0.25) is 0 Å². The second kappa shape index (κ2) is 4.93. The molecule has 0 saturated heterocycles. The summed E-state index contributed by atoms with van der Waals surface area (Å²) < 4.78 is 0. The third-order valence-corrected chi connectivity index (χ3v) is 5.12. The second-order valence-electron chi connectivity index (χ2n) is 6.19. The Morgan fingerprint density at radius 1 is 1.29 bits per heavy atom. The second-order valence-corrected chi connectivity index (χ2v) is 7.28. The maximum Gasteiger partial charge on any atom is 0.173 e. The fourth-order valence-corrected chi connectivity index (χ4v) is 3.48. The van der Waals surface area contributed by atoms with Crippen LogP contribution in [0.4, 0.5) is 0 Å². The number of carbonyl (C=O) groups is 1. The molecule has 1 fully saturated rings. The summed E-state index contributed by atoms with van der Waals surface area (Å²) in [6.07, 6.45) is 5.90. The van der Waals surface area contributed by atoms with E-state index in [9.17, 15) is 4.79 Å². The molecule has 17 heavy (non-hydrogen) atoms. The van der Waals surface area contributed by atoms with Crippen molar-refractivity contribution in [3.05, 3.63) is 21.9 Å². The zero-order valence-electron chi connectivity index (χ0n) is 11.1. The van der Waals surface area contributed by atoms with Crippen LogP contribution in [0, 0.1) is 5.92 Å². The fourth-order valence-electron chi connectivity index (χ4n) is 2.47. The van der Waals surface area contributed by atoms with Gasteiger partial charge < -0.3 is 0 Å². The zero-order valence-corrected chi connectivity index (χ0v) is 11.9. The van der Waals surface area contributed by atoms with Gasteiger partial charge in [0, 0.05) is 11.3 Å². The Morgan fingerprint density at radius 2 is 1.94 bits per heavy atom. The van der Waals surface area contributed by atoms with E-state index in [2.05, 4.69) is 26.8 Å². The predicted molar refractivity (Wildman–Crippen MR) is 73.9 cm³/mol. The molecule has 0 aromatic carbocycles. The van der Waals surface area contributed by atoms with Crippen LogP contribution in [0.5, 0.6) is 0 Å². The van der Waals surface area contributed by atoms with Crippen molar-refractivity contribution in [2.24, 2.45) is 5.92 Å². The van der Waals surface area contributed by atoms with E-state index in [4.69, 9.17) is 0 Å². The van der Waals surface area contributed by atoms with Gasteiger partial charge in [0.05, 0.1) is 4.88 Å². The summed E-state index contributed by atoms with van der Waals surface area (Å²) in [6.45, 7) is 6.60. The van der Waals surface area contributed by atoms with Crippen LogP contribution in [-0.2, 0) is 5.41 Å². The molecule has 2 rings (SSSR count). The normalized spacial score (nSPS) is 17.6. The minimum absolute atomic E-state index is 0.163. The number of ketones is 1. The van der Waals surface area contributed by atoms with Crippen molar-refractivity contribution in [1.29, 1.82) is 0 Å². The van der Waals surface area contributed by atoms with E-state index in [1.165, 1.54) is 30.6 Å². The molecular formula is C15H22OS. The van der Waals surface area contributed by atoms with Gasteiger partial charge in [-0.25, -0.2) is 0 Å². The van der Waals surface area contributed by atoms with Crippen LogP contribution in [0.2, 0.25) is 0 Å². The molecule has 0 unspecified atom stereocenters. The van der Waals surface area contributed by atoms with Crippen molar-refractivity contribution in [3.63, 3.8) is 0 Å². The minimum Gasteiger partial charge on any atom is -0.293 e. The van der Waals surface area contributed by atoms with Gasteiger partial charge in [-0.15, -0.1) is 11.3 Å². The first-order valence-electron chi connectivity index (χ1n) is 6.60. The molecule has 0 radical (unpaired) electrons. The quantitative estimate of drug-likeness (QED) is 0.704. The van der Waals surface area contributed by atoms with Gasteiger partial charge in [-0.05, 0) is 23.5 Å². The van der Waals surface area contributed by atoms with Crippen molar-refractivity contribution in [2.45, 2.75) is 58.3 Å². The van der Waals surface area contributed by atoms with Crippen LogP contribution in [0.15, 0.2) is 12.1 Å². The van der Waals surface area contributed by atoms with E-state index < -0.39 is 0 Å². The van der Waals surface area contributed by atoms with Crippen molar-refractivity contribution in [1.82, 2.24) is 0 Å². The van der Waals surface area contributed by atoms with E-state index in [0.29, 0.717) is 11.7 Å². The lowest BCUT2D eigenvalue weighted by Crippen LogP contribution is -2.08. The van der Waals surface area contributed by atoms with Gasteiger partial charge in [-0.3, -0.25) is 4.79 Å². The summed E-state index contributed by atoms with van der Waals surface area (Å²) >= 11 is 1.68. The highest BCUT2D eigenvalue weighted by molar-refractivity contribution is 7.14. The van der Waals surface area contributed by atoms with E-state index in [-0.39, 0.29) is 5.41 Å². The number of thiophene rings is 1. The third-order valence-electron chi connectivity index (χ3n) is 3.57.